The van der Waals surface area contributed by atoms with E-state index in [1.54, 1.807) is 0 Å². The van der Waals surface area contributed by atoms with Gasteiger partial charge in [0.05, 0.1) is 0 Å². The molecule has 1 aliphatic carbocycles. The first-order valence-corrected chi connectivity index (χ1v) is 8.55. The van der Waals surface area contributed by atoms with E-state index in [-0.39, 0.29) is 0 Å². The SMILES string of the molecule is CCC(NC1CCC(C)c2ccccc21)c1cccs1. The van der Waals surface area contributed by atoms with Crippen LogP contribution in [0, 0.1) is 0 Å². The van der Waals surface area contributed by atoms with Crippen LogP contribution in [0.4, 0.5) is 0 Å². The maximum Gasteiger partial charge on any atom is 0.0417 e. The minimum absolute atomic E-state index is 0.487. The molecular formula is C18H23NS. The van der Waals surface area contributed by atoms with Gasteiger partial charge in [-0.25, -0.2) is 0 Å². The number of hydrogen-bond acceptors (Lipinski definition) is 2. The van der Waals surface area contributed by atoms with E-state index in [9.17, 15) is 0 Å². The van der Waals surface area contributed by atoms with Crippen molar-refractivity contribution < 1.29 is 0 Å². The van der Waals surface area contributed by atoms with Crippen molar-refractivity contribution in [3.05, 3.63) is 57.8 Å². The van der Waals surface area contributed by atoms with Crippen LogP contribution in [0.25, 0.3) is 0 Å². The highest BCUT2D eigenvalue weighted by Gasteiger charge is 2.26. The Hall–Kier alpha value is -1.12. The molecule has 0 saturated carbocycles. The van der Waals surface area contributed by atoms with Gasteiger partial charge < -0.3 is 5.32 Å². The van der Waals surface area contributed by atoms with Crippen molar-refractivity contribution in [1.29, 1.82) is 0 Å². The smallest absolute Gasteiger partial charge is 0.0417 e. The number of nitrogens with one attached hydrogen (secondary N) is 1. The normalized spacial score (nSPS) is 23.3. The van der Waals surface area contributed by atoms with Gasteiger partial charge in [-0.15, -0.1) is 11.3 Å². The van der Waals surface area contributed by atoms with Crippen LogP contribution in [-0.4, -0.2) is 0 Å². The highest BCUT2D eigenvalue weighted by Crippen LogP contribution is 2.38. The van der Waals surface area contributed by atoms with Gasteiger partial charge in [-0.2, -0.15) is 0 Å². The molecule has 1 aromatic carbocycles. The van der Waals surface area contributed by atoms with Crippen LogP contribution in [-0.2, 0) is 0 Å². The van der Waals surface area contributed by atoms with Gasteiger partial charge in [0.2, 0.25) is 0 Å². The monoisotopic (exact) mass is 285 g/mol. The van der Waals surface area contributed by atoms with Crippen LogP contribution >= 0.6 is 11.3 Å². The Bertz CT molecular complexity index is 546. The van der Waals surface area contributed by atoms with Gasteiger partial charge >= 0.3 is 0 Å². The molecule has 20 heavy (non-hydrogen) atoms. The van der Waals surface area contributed by atoms with Gasteiger partial charge in [0.1, 0.15) is 0 Å². The summed E-state index contributed by atoms with van der Waals surface area (Å²) in [5.41, 5.74) is 3.05. The van der Waals surface area contributed by atoms with Gasteiger partial charge in [-0.05, 0) is 47.8 Å². The zero-order valence-electron chi connectivity index (χ0n) is 12.3. The molecular weight excluding hydrogens is 262 g/mol. The lowest BCUT2D eigenvalue weighted by Gasteiger charge is -2.33. The van der Waals surface area contributed by atoms with Crippen LogP contribution in [0.5, 0.6) is 0 Å². The van der Waals surface area contributed by atoms with Gasteiger partial charge in [0.25, 0.3) is 0 Å². The largest absolute Gasteiger partial charge is 0.302 e. The average Bonchev–Trinajstić information content (AvgIpc) is 3.01. The third-order valence-corrected chi connectivity index (χ3v) is 5.47. The summed E-state index contributed by atoms with van der Waals surface area (Å²) in [5.74, 6) is 0.700. The molecule has 0 radical (unpaired) electrons. The van der Waals surface area contributed by atoms with Crippen molar-refractivity contribution in [1.82, 2.24) is 5.32 Å². The Balaban J connectivity index is 1.83. The molecule has 0 aliphatic heterocycles. The highest BCUT2D eigenvalue weighted by molar-refractivity contribution is 7.10. The lowest BCUT2D eigenvalue weighted by Crippen LogP contribution is -2.29. The van der Waals surface area contributed by atoms with E-state index >= 15 is 0 Å². The first kappa shape index (κ1) is 13.8. The Labute approximate surface area is 126 Å². The molecule has 1 nitrogen and oxygen atoms in total. The fourth-order valence-electron chi connectivity index (χ4n) is 3.31. The van der Waals surface area contributed by atoms with Gasteiger partial charge in [-0.3, -0.25) is 0 Å². The highest BCUT2D eigenvalue weighted by atomic mass is 32.1. The number of rotatable bonds is 4. The number of thiophene rings is 1. The Morgan fingerprint density at radius 2 is 1.95 bits per heavy atom. The van der Waals surface area contributed by atoms with Gasteiger partial charge in [0, 0.05) is 17.0 Å². The summed E-state index contributed by atoms with van der Waals surface area (Å²) in [6.45, 7) is 4.63. The summed E-state index contributed by atoms with van der Waals surface area (Å²) in [5, 5.41) is 6.07. The van der Waals surface area contributed by atoms with Crippen LogP contribution in [0.15, 0.2) is 41.8 Å². The number of fused-ring (bicyclic) bond motifs is 1. The molecule has 1 heterocycles. The van der Waals surface area contributed by atoms with E-state index in [1.165, 1.54) is 28.8 Å². The Morgan fingerprint density at radius 3 is 2.65 bits per heavy atom. The molecule has 1 N–H and O–H groups in total. The molecule has 1 aromatic heterocycles. The van der Waals surface area contributed by atoms with Crippen LogP contribution in [0.2, 0.25) is 0 Å². The zero-order valence-corrected chi connectivity index (χ0v) is 13.1. The predicted molar refractivity (Wildman–Crippen MR) is 87.3 cm³/mol. The molecule has 106 valence electrons. The van der Waals surface area contributed by atoms with E-state index in [0.717, 1.165) is 6.42 Å². The second-order valence-corrected chi connectivity index (χ2v) is 6.78. The van der Waals surface area contributed by atoms with Crippen molar-refractivity contribution in [2.24, 2.45) is 0 Å². The summed E-state index contributed by atoms with van der Waals surface area (Å²) in [7, 11) is 0. The molecule has 3 atom stereocenters. The minimum Gasteiger partial charge on any atom is -0.302 e. The van der Waals surface area contributed by atoms with E-state index in [0.29, 0.717) is 18.0 Å². The fourth-order valence-corrected chi connectivity index (χ4v) is 4.18. The van der Waals surface area contributed by atoms with Crippen molar-refractivity contribution in [2.45, 2.75) is 51.1 Å². The molecule has 0 saturated heterocycles. The summed E-state index contributed by atoms with van der Waals surface area (Å²) < 4.78 is 0. The van der Waals surface area contributed by atoms with Gasteiger partial charge in [0.15, 0.2) is 0 Å². The Kier molecular flexibility index (Phi) is 4.23. The first-order chi connectivity index (χ1) is 9.79. The standard InChI is InChI=1S/C18H23NS/c1-3-16(18-9-6-12-20-18)19-17-11-10-13(2)14-7-4-5-8-15(14)17/h4-9,12-13,16-17,19H,3,10-11H2,1-2H3. The molecule has 3 rings (SSSR count). The van der Waals surface area contributed by atoms with Crippen molar-refractivity contribution >= 4 is 11.3 Å². The van der Waals surface area contributed by atoms with E-state index in [2.05, 4.69) is 60.9 Å². The summed E-state index contributed by atoms with van der Waals surface area (Å²) in [6.07, 6.45) is 3.68. The first-order valence-electron chi connectivity index (χ1n) is 7.68. The van der Waals surface area contributed by atoms with E-state index in [1.807, 2.05) is 11.3 Å². The second-order valence-electron chi connectivity index (χ2n) is 5.80. The second kappa shape index (κ2) is 6.11. The molecule has 1 aliphatic rings. The lowest BCUT2D eigenvalue weighted by molar-refractivity contribution is 0.381. The molecule has 0 bridgehead atoms. The molecule has 2 aromatic rings. The summed E-state index contributed by atoms with van der Waals surface area (Å²) in [4.78, 5) is 1.46. The summed E-state index contributed by atoms with van der Waals surface area (Å²) in [6, 6.07) is 14.4. The third kappa shape index (κ3) is 2.68. The average molecular weight is 285 g/mol. The van der Waals surface area contributed by atoms with Crippen molar-refractivity contribution in [3.63, 3.8) is 0 Å². The maximum absolute atomic E-state index is 3.90. The van der Waals surface area contributed by atoms with Gasteiger partial charge in [-0.1, -0.05) is 44.2 Å². The lowest BCUT2D eigenvalue weighted by atomic mass is 9.81. The quantitative estimate of drug-likeness (QED) is 0.790. The molecule has 0 spiro atoms. The van der Waals surface area contributed by atoms with Crippen LogP contribution in [0.3, 0.4) is 0 Å². The van der Waals surface area contributed by atoms with E-state index in [4.69, 9.17) is 0 Å². The molecule has 2 heteroatoms. The zero-order chi connectivity index (χ0) is 13.9. The topological polar surface area (TPSA) is 12.0 Å². The molecule has 3 unspecified atom stereocenters. The third-order valence-electron chi connectivity index (χ3n) is 4.49. The maximum atomic E-state index is 3.90. The predicted octanol–water partition coefficient (Wildman–Crippen LogP) is 5.43. The van der Waals surface area contributed by atoms with Crippen LogP contribution in [0.1, 0.15) is 67.1 Å². The van der Waals surface area contributed by atoms with Crippen molar-refractivity contribution in [3.8, 4) is 0 Å². The van der Waals surface area contributed by atoms with Crippen LogP contribution < -0.4 is 5.32 Å². The number of hydrogen-bond donors (Lipinski definition) is 1. The Morgan fingerprint density at radius 1 is 1.15 bits per heavy atom. The van der Waals surface area contributed by atoms with E-state index < -0.39 is 0 Å². The fraction of sp³-hybridized carbons (Fsp3) is 0.444. The van der Waals surface area contributed by atoms with Crippen molar-refractivity contribution in [2.75, 3.05) is 0 Å². The minimum atomic E-state index is 0.487. The summed E-state index contributed by atoms with van der Waals surface area (Å²) >= 11 is 1.86. The molecule has 0 amide bonds. The molecule has 0 fully saturated rings. The number of benzene rings is 1.